The first-order valence-corrected chi connectivity index (χ1v) is 11.4. The lowest BCUT2D eigenvalue weighted by molar-refractivity contribution is -0.139. The second-order valence-electron chi connectivity index (χ2n) is 9.33. The molecule has 2 aromatic rings. The number of Topliss-reactive ketones (excluding diaryl/α,β-unsaturated/α-hetero) is 1. The minimum Gasteiger partial charge on any atom is -0.507 e. The van der Waals surface area contributed by atoms with E-state index in [4.69, 9.17) is 9.47 Å². The standard InChI is InChI=1S/C28H33NO5/c1-7-14-29-24(18-10-9-11-20(16-18)34-15-8-2)23(26(31)27(29)32)25(30)21-17-19(28(3,4)5)12-13-22(21)33-6/h8-13,16-17,24,30H,2,7,14-15H2,1,3-6H3/b25-23+. The molecule has 0 aromatic heterocycles. The zero-order valence-corrected chi connectivity index (χ0v) is 20.6. The predicted molar refractivity (Wildman–Crippen MR) is 133 cm³/mol. The Balaban J connectivity index is 2.24. The van der Waals surface area contributed by atoms with Gasteiger partial charge in [-0.3, -0.25) is 9.59 Å². The average Bonchev–Trinajstić information content (AvgIpc) is 3.06. The second-order valence-corrected chi connectivity index (χ2v) is 9.33. The van der Waals surface area contributed by atoms with Crippen LogP contribution in [0.2, 0.25) is 0 Å². The number of hydrogen-bond acceptors (Lipinski definition) is 5. The number of hydrogen-bond donors (Lipinski definition) is 1. The summed E-state index contributed by atoms with van der Waals surface area (Å²) in [7, 11) is 1.51. The van der Waals surface area contributed by atoms with Gasteiger partial charge in [-0.1, -0.05) is 58.5 Å². The number of amides is 1. The van der Waals surface area contributed by atoms with Gasteiger partial charge in [0.2, 0.25) is 0 Å². The minimum atomic E-state index is -0.741. The Bertz CT molecular complexity index is 1130. The van der Waals surface area contributed by atoms with E-state index in [1.54, 1.807) is 30.3 Å². The Morgan fingerprint density at radius 3 is 2.53 bits per heavy atom. The van der Waals surface area contributed by atoms with Gasteiger partial charge < -0.3 is 19.5 Å². The van der Waals surface area contributed by atoms with Crippen LogP contribution in [-0.2, 0) is 15.0 Å². The van der Waals surface area contributed by atoms with Crippen LogP contribution in [0.1, 0.15) is 56.8 Å². The molecule has 34 heavy (non-hydrogen) atoms. The van der Waals surface area contributed by atoms with E-state index >= 15 is 0 Å². The molecule has 1 saturated heterocycles. The van der Waals surface area contributed by atoms with Gasteiger partial charge in [-0.15, -0.1) is 0 Å². The summed E-state index contributed by atoms with van der Waals surface area (Å²) in [4.78, 5) is 27.8. The first-order chi connectivity index (χ1) is 16.1. The fourth-order valence-electron chi connectivity index (χ4n) is 4.13. The maximum atomic E-state index is 13.2. The molecule has 1 fully saturated rings. The van der Waals surface area contributed by atoms with Crippen LogP contribution in [0.5, 0.6) is 11.5 Å². The summed E-state index contributed by atoms with van der Waals surface area (Å²) >= 11 is 0. The molecule has 6 heteroatoms. The normalized spacial score (nSPS) is 17.7. The van der Waals surface area contributed by atoms with E-state index in [1.807, 2.05) is 25.1 Å². The van der Waals surface area contributed by atoms with Crippen molar-refractivity contribution in [1.29, 1.82) is 0 Å². The van der Waals surface area contributed by atoms with Crippen LogP contribution < -0.4 is 9.47 Å². The predicted octanol–water partition coefficient (Wildman–Crippen LogP) is 5.39. The van der Waals surface area contributed by atoms with Gasteiger partial charge in [0.05, 0.1) is 24.3 Å². The molecule has 1 atom stereocenters. The molecule has 3 rings (SSSR count). The van der Waals surface area contributed by atoms with Gasteiger partial charge in [0.15, 0.2) is 0 Å². The highest BCUT2D eigenvalue weighted by Crippen LogP contribution is 2.42. The van der Waals surface area contributed by atoms with Crippen LogP contribution in [0.15, 0.2) is 60.7 Å². The minimum absolute atomic E-state index is 0.0451. The van der Waals surface area contributed by atoms with Crippen LogP contribution in [0.3, 0.4) is 0 Å². The van der Waals surface area contributed by atoms with Crippen LogP contribution in [0.25, 0.3) is 5.76 Å². The summed E-state index contributed by atoms with van der Waals surface area (Å²) in [6, 6.07) is 12.0. The number of nitrogens with zero attached hydrogens (tertiary/aromatic N) is 1. The Hall–Kier alpha value is -3.54. The van der Waals surface area contributed by atoms with Crippen LogP contribution in [-0.4, -0.2) is 42.0 Å². The van der Waals surface area contributed by atoms with Gasteiger partial charge >= 0.3 is 0 Å². The summed E-state index contributed by atoms with van der Waals surface area (Å²) in [5, 5.41) is 11.5. The lowest BCUT2D eigenvalue weighted by Gasteiger charge is -2.26. The molecule has 6 nitrogen and oxygen atoms in total. The van der Waals surface area contributed by atoms with E-state index in [1.165, 1.54) is 12.0 Å². The quantitative estimate of drug-likeness (QED) is 0.246. The smallest absolute Gasteiger partial charge is 0.295 e. The summed E-state index contributed by atoms with van der Waals surface area (Å²) in [6.07, 6.45) is 2.31. The fourth-order valence-corrected chi connectivity index (χ4v) is 4.13. The number of aliphatic hydroxyl groups excluding tert-OH is 1. The van der Waals surface area contributed by atoms with E-state index in [0.29, 0.717) is 42.2 Å². The average molecular weight is 464 g/mol. The molecule has 1 amide bonds. The summed E-state index contributed by atoms with van der Waals surface area (Å²) in [6.45, 7) is 12.5. The van der Waals surface area contributed by atoms with Crippen molar-refractivity contribution < 1.29 is 24.2 Å². The summed E-state index contributed by atoms with van der Waals surface area (Å²) in [5.74, 6) is -0.573. The van der Waals surface area contributed by atoms with Crippen molar-refractivity contribution in [2.24, 2.45) is 0 Å². The number of carbonyl (C=O) groups is 2. The molecule has 0 aliphatic carbocycles. The lowest BCUT2D eigenvalue weighted by Crippen LogP contribution is -2.30. The Labute approximate surface area is 201 Å². The van der Waals surface area contributed by atoms with E-state index in [0.717, 1.165) is 5.56 Å². The third kappa shape index (κ3) is 4.86. The van der Waals surface area contributed by atoms with Gasteiger partial charge in [0, 0.05) is 6.54 Å². The van der Waals surface area contributed by atoms with E-state index in [2.05, 4.69) is 27.4 Å². The number of aliphatic hydroxyl groups is 1. The van der Waals surface area contributed by atoms with E-state index < -0.39 is 17.7 Å². The number of ketones is 1. The Morgan fingerprint density at radius 1 is 1.18 bits per heavy atom. The largest absolute Gasteiger partial charge is 0.507 e. The number of carbonyl (C=O) groups excluding carboxylic acids is 2. The first kappa shape index (κ1) is 25.1. The topological polar surface area (TPSA) is 76.1 Å². The molecule has 1 aliphatic heterocycles. The number of likely N-dealkylation sites (tertiary alicyclic amines) is 1. The highest BCUT2D eigenvalue weighted by molar-refractivity contribution is 6.46. The van der Waals surface area contributed by atoms with Crippen LogP contribution >= 0.6 is 0 Å². The maximum absolute atomic E-state index is 13.2. The van der Waals surface area contributed by atoms with Gasteiger partial charge in [-0.05, 0) is 47.2 Å². The van der Waals surface area contributed by atoms with Crippen molar-refractivity contribution in [2.45, 2.75) is 45.6 Å². The zero-order chi connectivity index (χ0) is 25.0. The number of benzene rings is 2. The zero-order valence-electron chi connectivity index (χ0n) is 20.6. The highest BCUT2D eigenvalue weighted by atomic mass is 16.5. The highest BCUT2D eigenvalue weighted by Gasteiger charge is 2.46. The van der Waals surface area contributed by atoms with Crippen molar-refractivity contribution in [3.63, 3.8) is 0 Å². The molecule has 0 saturated carbocycles. The van der Waals surface area contributed by atoms with Gasteiger partial charge in [-0.25, -0.2) is 0 Å². The van der Waals surface area contributed by atoms with Crippen LogP contribution in [0.4, 0.5) is 0 Å². The van der Waals surface area contributed by atoms with Crippen molar-refractivity contribution in [3.05, 3.63) is 77.4 Å². The van der Waals surface area contributed by atoms with Gasteiger partial charge in [0.25, 0.3) is 11.7 Å². The maximum Gasteiger partial charge on any atom is 0.295 e. The molecule has 0 radical (unpaired) electrons. The fraction of sp³-hybridized carbons (Fsp3) is 0.357. The molecule has 1 heterocycles. The molecule has 0 bridgehead atoms. The summed E-state index contributed by atoms with van der Waals surface area (Å²) in [5.41, 5.74) is 1.89. The van der Waals surface area contributed by atoms with Crippen molar-refractivity contribution in [3.8, 4) is 11.5 Å². The van der Waals surface area contributed by atoms with Gasteiger partial charge in [-0.2, -0.15) is 0 Å². The monoisotopic (exact) mass is 463 g/mol. The molecule has 180 valence electrons. The number of methoxy groups -OCH3 is 1. The Morgan fingerprint density at radius 2 is 1.91 bits per heavy atom. The summed E-state index contributed by atoms with van der Waals surface area (Å²) < 4.78 is 11.2. The molecule has 0 spiro atoms. The lowest BCUT2D eigenvalue weighted by atomic mass is 9.85. The van der Waals surface area contributed by atoms with Crippen molar-refractivity contribution in [2.75, 3.05) is 20.3 Å². The number of ether oxygens (including phenoxy) is 2. The molecule has 2 aromatic carbocycles. The molecule has 1 N–H and O–H groups in total. The molecular weight excluding hydrogens is 430 g/mol. The molecule has 1 unspecified atom stereocenters. The second kappa shape index (κ2) is 10.2. The number of rotatable bonds is 8. The van der Waals surface area contributed by atoms with Crippen molar-refractivity contribution >= 4 is 17.4 Å². The molecule has 1 aliphatic rings. The third-order valence-corrected chi connectivity index (χ3v) is 5.87. The van der Waals surface area contributed by atoms with Crippen LogP contribution in [0, 0.1) is 0 Å². The molecular formula is C28H33NO5. The SMILES string of the molecule is C=CCOc1cccc(C2/C(=C(\O)c3cc(C(C)(C)C)ccc3OC)C(=O)C(=O)N2CCC)c1. The van der Waals surface area contributed by atoms with E-state index in [9.17, 15) is 14.7 Å². The third-order valence-electron chi connectivity index (χ3n) is 5.87. The Kier molecular flexibility index (Phi) is 7.50. The van der Waals surface area contributed by atoms with Crippen molar-refractivity contribution in [1.82, 2.24) is 4.90 Å². The van der Waals surface area contributed by atoms with Gasteiger partial charge in [0.1, 0.15) is 23.9 Å². The van der Waals surface area contributed by atoms with E-state index in [-0.39, 0.29) is 16.7 Å². The first-order valence-electron chi connectivity index (χ1n) is 11.4.